The Balaban J connectivity index is 2.32. The van der Waals surface area contributed by atoms with Crippen LogP contribution in [0.3, 0.4) is 0 Å². The van der Waals surface area contributed by atoms with Crippen molar-refractivity contribution in [1.82, 2.24) is 0 Å². The van der Waals surface area contributed by atoms with Crippen molar-refractivity contribution in [3.05, 3.63) is 34.9 Å². The minimum atomic E-state index is 0.168. The zero-order valence-electron chi connectivity index (χ0n) is 12.0. The van der Waals surface area contributed by atoms with Crippen LogP contribution in [0, 0.1) is 19.3 Å². The normalized spacial score (nSPS) is 18.5. The maximum Gasteiger partial charge on any atom is 0.0585 e. The van der Waals surface area contributed by atoms with E-state index < -0.39 is 0 Å². The molecule has 100 valence electrons. The molecule has 0 saturated carbocycles. The Morgan fingerprint density at radius 2 is 1.94 bits per heavy atom. The predicted molar refractivity (Wildman–Crippen MR) is 75.9 cm³/mol. The van der Waals surface area contributed by atoms with Crippen molar-refractivity contribution < 1.29 is 4.74 Å². The molecule has 0 atom stereocenters. The van der Waals surface area contributed by atoms with E-state index in [1.54, 1.807) is 0 Å². The van der Waals surface area contributed by atoms with Crippen molar-refractivity contribution in [2.24, 2.45) is 11.1 Å². The van der Waals surface area contributed by atoms with E-state index in [1.807, 2.05) is 0 Å². The number of hydrogen-bond donors (Lipinski definition) is 1. The summed E-state index contributed by atoms with van der Waals surface area (Å²) in [6.07, 6.45) is 1.10. The summed E-state index contributed by atoms with van der Waals surface area (Å²) in [4.78, 5) is 0. The summed E-state index contributed by atoms with van der Waals surface area (Å²) in [5.74, 6) is 0. The molecular formula is C16H25NO. The van der Waals surface area contributed by atoms with Crippen LogP contribution in [0.25, 0.3) is 0 Å². The molecule has 1 saturated heterocycles. The quantitative estimate of drug-likeness (QED) is 0.888. The fourth-order valence-electron chi connectivity index (χ4n) is 3.10. The molecule has 1 aromatic carbocycles. The number of rotatable bonds is 4. The number of hydrogen-bond acceptors (Lipinski definition) is 2. The first-order chi connectivity index (χ1) is 8.38. The van der Waals surface area contributed by atoms with Crippen LogP contribution in [0.1, 0.15) is 37.0 Å². The second kappa shape index (κ2) is 4.67. The van der Waals surface area contributed by atoms with Gasteiger partial charge in [-0.05, 0) is 43.4 Å². The van der Waals surface area contributed by atoms with Gasteiger partial charge in [-0.2, -0.15) is 0 Å². The second-order valence-electron chi connectivity index (χ2n) is 6.64. The second-order valence-corrected chi connectivity index (χ2v) is 6.64. The zero-order valence-corrected chi connectivity index (χ0v) is 12.0. The molecule has 1 heterocycles. The Bertz CT molecular complexity index is 433. The third-order valence-corrected chi connectivity index (χ3v) is 4.08. The predicted octanol–water partition coefficient (Wildman–Crippen LogP) is 2.95. The van der Waals surface area contributed by atoms with E-state index in [-0.39, 0.29) is 10.8 Å². The lowest BCUT2D eigenvalue weighted by Gasteiger charge is -2.47. The molecule has 2 nitrogen and oxygen atoms in total. The van der Waals surface area contributed by atoms with E-state index in [4.69, 9.17) is 10.5 Å². The van der Waals surface area contributed by atoms with E-state index in [2.05, 4.69) is 45.9 Å². The average Bonchev–Trinajstić information content (AvgIpc) is 2.24. The van der Waals surface area contributed by atoms with Gasteiger partial charge in [0.2, 0.25) is 0 Å². The molecule has 1 aliphatic rings. The van der Waals surface area contributed by atoms with Gasteiger partial charge in [0.15, 0.2) is 0 Å². The number of ether oxygens (including phenoxy) is 1. The Hall–Kier alpha value is -0.860. The summed E-state index contributed by atoms with van der Waals surface area (Å²) in [5.41, 5.74) is 10.4. The molecule has 18 heavy (non-hydrogen) atoms. The van der Waals surface area contributed by atoms with E-state index in [1.165, 1.54) is 16.7 Å². The Morgan fingerprint density at radius 1 is 1.28 bits per heavy atom. The first-order valence-electron chi connectivity index (χ1n) is 6.74. The van der Waals surface area contributed by atoms with E-state index in [9.17, 15) is 0 Å². The Morgan fingerprint density at radius 3 is 2.39 bits per heavy atom. The first kappa shape index (κ1) is 13.6. The standard InChI is InChI=1S/C16H25NO/c1-12-5-6-14(13(2)7-12)16(10-18-11-16)8-15(3,4)9-17/h5-7H,8-11,17H2,1-4H3. The molecule has 0 unspecified atom stereocenters. The van der Waals surface area contributed by atoms with Gasteiger partial charge in [0.05, 0.1) is 13.2 Å². The van der Waals surface area contributed by atoms with Gasteiger partial charge in [-0.25, -0.2) is 0 Å². The minimum absolute atomic E-state index is 0.168. The van der Waals surface area contributed by atoms with Gasteiger partial charge in [-0.1, -0.05) is 37.6 Å². The van der Waals surface area contributed by atoms with Crippen LogP contribution in [0.15, 0.2) is 18.2 Å². The van der Waals surface area contributed by atoms with Crippen molar-refractivity contribution >= 4 is 0 Å². The lowest BCUT2D eigenvalue weighted by molar-refractivity contribution is -0.0789. The van der Waals surface area contributed by atoms with E-state index in [0.717, 1.165) is 26.2 Å². The highest BCUT2D eigenvalue weighted by Gasteiger charge is 2.44. The summed E-state index contributed by atoms with van der Waals surface area (Å²) < 4.78 is 5.53. The van der Waals surface area contributed by atoms with E-state index in [0.29, 0.717) is 0 Å². The lowest BCUT2D eigenvalue weighted by atomic mass is 9.66. The smallest absolute Gasteiger partial charge is 0.0585 e. The molecule has 2 rings (SSSR count). The third-order valence-electron chi connectivity index (χ3n) is 4.08. The Labute approximate surface area is 111 Å². The first-order valence-corrected chi connectivity index (χ1v) is 6.74. The topological polar surface area (TPSA) is 35.2 Å². The molecule has 1 fully saturated rings. The van der Waals surface area contributed by atoms with Gasteiger partial charge in [0, 0.05) is 5.41 Å². The highest BCUT2D eigenvalue weighted by molar-refractivity contribution is 5.38. The van der Waals surface area contributed by atoms with Crippen LogP contribution in [-0.4, -0.2) is 19.8 Å². The van der Waals surface area contributed by atoms with Crippen molar-refractivity contribution in [2.45, 2.75) is 39.5 Å². The average molecular weight is 247 g/mol. The summed E-state index contributed by atoms with van der Waals surface area (Å²) >= 11 is 0. The molecule has 1 aliphatic heterocycles. The third kappa shape index (κ3) is 2.45. The van der Waals surface area contributed by atoms with Gasteiger partial charge < -0.3 is 10.5 Å². The van der Waals surface area contributed by atoms with Crippen LogP contribution in [0.4, 0.5) is 0 Å². The highest BCUT2D eigenvalue weighted by atomic mass is 16.5. The molecule has 2 N–H and O–H groups in total. The summed E-state index contributed by atoms with van der Waals surface area (Å²) in [6, 6.07) is 6.75. The number of aryl methyl sites for hydroxylation is 2. The van der Waals surface area contributed by atoms with Crippen LogP contribution < -0.4 is 5.73 Å². The zero-order chi connectivity index (χ0) is 13.4. The van der Waals surface area contributed by atoms with Crippen LogP contribution in [0.5, 0.6) is 0 Å². The summed E-state index contributed by atoms with van der Waals surface area (Å²) in [7, 11) is 0. The molecule has 0 radical (unpaired) electrons. The maximum absolute atomic E-state index is 5.89. The molecule has 0 bridgehead atoms. The van der Waals surface area contributed by atoms with Crippen molar-refractivity contribution in [3.8, 4) is 0 Å². The molecule has 0 aromatic heterocycles. The highest BCUT2D eigenvalue weighted by Crippen LogP contribution is 2.43. The fourth-order valence-corrected chi connectivity index (χ4v) is 3.10. The van der Waals surface area contributed by atoms with Crippen LogP contribution in [-0.2, 0) is 10.2 Å². The van der Waals surface area contributed by atoms with Gasteiger partial charge in [0.25, 0.3) is 0 Å². The van der Waals surface area contributed by atoms with Gasteiger partial charge in [-0.3, -0.25) is 0 Å². The van der Waals surface area contributed by atoms with Crippen LogP contribution in [0.2, 0.25) is 0 Å². The van der Waals surface area contributed by atoms with Crippen LogP contribution >= 0.6 is 0 Å². The molecular weight excluding hydrogens is 222 g/mol. The lowest BCUT2D eigenvalue weighted by Crippen LogP contribution is -2.50. The number of benzene rings is 1. The molecule has 1 aromatic rings. The van der Waals surface area contributed by atoms with Gasteiger partial charge in [0.1, 0.15) is 0 Å². The Kier molecular flexibility index (Phi) is 3.52. The SMILES string of the molecule is Cc1ccc(C2(CC(C)(C)CN)COC2)c(C)c1. The minimum Gasteiger partial charge on any atom is -0.379 e. The van der Waals surface area contributed by atoms with Gasteiger partial charge in [-0.15, -0.1) is 0 Å². The van der Waals surface area contributed by atoms with Gasteiger partial charge >= 0.3 is 0 Å². The van der Waals surface area contributed by atoms with Crippen molar-refractivity contribution in [3.63, 3.8) is 0 Å². The maximum atomic E-state index is 5.89. The number of nitrogens with two attached hydrogens (primary N) is 1. The molecule has 2 heteroatoms. The monoisotopic (exact) mass is 247 g/mol. The summed E-state index contributed by atoms with van der Waals surface area (Å²) in [5, 5.41) is 0. The fraction of sp³-hybridized carbons (Fsp3) is 0.625. The molecule has 0 spiro atoms. The van der Waals surface area contributed by atoms with Crippen molar-refractivity contribution in [1.29, 1.82) is 0 Å². The van der Waals surface area contributed by atoms with E-state index >= 15 is 0 Å². The largest absolute Gasteiger partial charge is 0.379 e. The summed E-state index contributed by atoms with van der Waals surface area (Å²) in [6.45, 7) is 11.2. The molecule has 0 aliphatic carbocycles. The van der Waals surface area contributed by atoms with Crippen molar-refractivity contribution in [2.75, 3.05) is 19.8 Å². The molecule has 0 amide bonds.